The second kappa shape index (κ2) is 16.0. The zero-order valence-corrected chi connectivity index (χ0v) is 23.6. The summed E-state index contributed by atoms with van der Waals surface area (Å²) in [5.41, 5.74) is 0.00907. The third-order valence-electron chi connectivity index (χ3n) is 8.00. The van der Waals surface area contributed by atoms with Crippen LogP contribution in [0.4, 0.5) is 0 Å². The maximum absolute atomic E-state index is 11.8. The van der Waals surface area contributed by atoms with E-state index in [4.69, 9.17) is 24.1 Å². The van der Waals surface area contributed by atoms with E-state index in [0.717, 1.165) is 0 Å². The number of carbonyl (C=O) groups excluding carboxylic acids is 1. The summed E-state index contributed by atoms with van der Waals surface area (Å²) < 4.78 is 22.0. The largest absolute Gasteiger partial charge is 0.394 e. The predicted octanol–water partition coefficient (Wildman–Crippen LogP) is -8.72. The van der Waals surface area contributed by atoms with Crippen molar-refractivity contribution in [1.29, 1.82) is 0 Å². The first-order valence-corrected chi connectivity index (χ1v) is 13.9. The van der Waals surface area contributed by atoms with Gasteiger partial charge in [-0.15, -0.1) is 0 Å². The molecular formula is C25H43NO18. The van der Waals surface area contributed by atoms with Crippen LogP contribution in [0.3, 0.4) is 0 Å². The molecule has 2 saturated heterocycles. The van der Waals surface area contributed by atoms with Crippen molar-refractivity contribution in [3.8, 4) is 0 Å². The fourth-order valence-corrected chi connectivity index (χ4v) is 5.33. The van der Waals surface area contributed by atoms with Gasteiger partial charge in [-0.25, -0.2) is 0 Å². The first-order valence-electron chi connectivity index (χ1n) is 13.9. The highest BCUT2D eigenvalue weighted by atomic mass is 16.7. The Labute approximate surface area is 250 Å². The van der Waals surface area contributed by atoms with Gasteiger partial charge < -0.3 is 90.6 Å². The van der Waals surface area contributed by atoms with Crippen LogP contribution in [0.5, 0.6) is 0 Å². The quantitative estimate of drug-likeness (QED) is 0.0826. The van der Waals surface area contributed by atoms with Crippen LogP contribution in [-0.4, -0.2) is 203 Å². The number of ether oxygens (including phenoxy) is 4. The Bertz CT molecular complexity index is 956. The van der Waals surface area contributed by atoms with Crippen molar-refractivity contribution >= 4 is 5.78 Å². The van der Waals surface area contributed by atoms with Gasteiger partial charge in [-0.2, -0.15) is 0 Å². The fraction of sp³-hybridized carbons (Fsp3) is 0.880. The lowest BCUT2D eigenvalue weighted by Gasteiger charge is -2.48. The Hall–Kier alpha value is -1.31. The van der Waals surface area contributed by atoms with Gasteiger partial charge in [0.2, 0.25) is 0 Å². The van der Waals surface area contributed by atoms with Gasteiger partial charge >= 0.3 is 0 Å². The van der Waals surface area contributed by atoms with Gasteiger partial charge in [-0.3, -0.25) is 4.79 Å². The van der Waals surface area contributed by atoms with Gasteiger partial charge in [0.1, 0.15) is 79.9 Å². The van der Waals surface area contributed by atoms with Crippen molar-refractivity contribution in [2.75, 3.05) is 26.4 Å². The minimum Gasteiger partial charge on any atom is -0.394 e. The number of nitrogens with one attached hydrogen (secondary N) is 1. The molecular weight excluding hydrogens is 602 g/mol. The second-order valence-electron chi connectivity index (χ2n) is 11.0. The molecule has 0 unspecified atom stereocenters. The van der Waals surface area contributed by atoms with Gasteiger partial charge in [-0.1, -0.05) is 6.08 Å². The smallest absolute Gasteiger partial charge is 0.189 e. The highest BCUT2D eigenvalue weighted by Crippen LogP contribution is 2.31. The van der Waals surface area contributed by atoms with Gasteiger partial charge in [0.15, 0.2) is 18.4 Å². The normalized spacial score (nSPS) is 43.6. The molecule has 0 aromatic carbocycles. The summed E-state index contributed by atoms with van der Waals surface area (Å²) in [7, 11) is 0. The molecule has 256 valence electrons. The molecule has 1 aliphatic carbocycles. The predicted molar refractivity (Wildman–Crippen MR) is 139 cm³/mol. The molecule has 0 amide bonds. The van der Waals surface area contributed by atoms with Crippen molar-refractivity contribution in [2.24, 2.45) is 0 Å². The topological polar surface area (TPSA) is 329 Å². The molecule has 3 rings (SSSR count). The number of hydrogen-bond acceptors (Lipinski definition) is 19. The molecule has 0 spiro atoms. The van der Waals surface area contributed by atoms with Gasteiger partial charge in [0, 0.05) is 0 Å². The minimum absolute atomic E-state index is 0.00907. The molecule has 2 heterocycles. The van der Waals surface area contributed by atoms with Crippen LogP contribution in [0.25, 0.3) is 0 Å². The Kier molecular flexibility index (Phi) is 13.5. The van der Waals surface area contributed by atoms with E-state index in [1.807, 2.05) is 0 Å². The lowest BCUT2D eigenvalue weighted by atomic mass is 9.86. The van der Waals surface area contributed by atoms with Crippen molar-refractivity contribution in [1.82, 2.24) is 5.32 Å². The van der Waals surface area contributed by atoms with Gasteiger partial charge in [0.05, 0.1) is 38.0 Å². The van der Waals surface area contributed by atoms with E-state index in [1.165, 1.54) is 13.0 Å². The summed E-state index contributed by atoms with van der Waals surface area (Å²) >= 11 is 0. The summed E-state index contributed by atoms with van der Waals surface area (Å²) in [6.45, 7) is -2.24. The Morgan fingerprint density at radius 2 is 1.52 bits per heavy atom. The number of hydrogen-bond donors (Lipinski definition) is 14. The van der Waals surface area contributed by atoms with E-state index >= 15 is 0 Å². The summed E-state index contributed by atoms with van der Waals surface area (Å²) in [5, 5.41) is 134. The number of aliphatic hydroxyl groups excluding tert-OH is 13. The molecule has 19 heteroatoms. The Morgan fingerprint density at radius 3 is 2.09 bits per heavy atom. The number of ketones is 1. The van der Waals surface area contributed by atoms with E-state index in [9.17, 15) is 66.1 Å². The molecule has 3 aliphatic rings. The molecule has 0 bridgehead atoms. The summed E-state index contributed by atoms with van der Waals surface area (Å²) in [4.78, 5) is 11.8. The van der Waals surface area contributed by atoms with E-state index in [2.05, 4.69) is 5.32 Å². The number of carbonyl (C=O) groups is 1. The van der Waals surface area contributed by atoms with Crippen LogP contribution in [-0.2, 0) is 23.7 Å². The highest BCUT2D eigenvalue weighted by molar-refractivity contribution is 5.84. The molecule has 17 atom stereocenters. The average molecular weight is 646 g/mol. The van der Waals surface area contributed by atoms with Crippen molar-refractivity contribution < 1.29 is 90.1 Å². The van der Waals surface area contributed by atoms with Crippen LogP contribution < -0.4 is 5.32 Å². The average Bonchev–Trinajstić information content (AvgIpc) is 3.02. The molecule has 2 fully saturated rings. The van der Waals surface area contributed by atoms with Crippen LogP contribution in [0.2, 0.25) is 0 Å². The van der Waals surface area contributed by atoms with Crippen LogP contribution in [0, 0.1) is 0 Å². The monoisotopic (exact) mass is 645 g/mol. The molecule has 14 N–H and O–H groups in total. The highest BCUT2D eigenvalue weighted by Gasteiger charge is 2.52. The third kappa shape index (κ3) is 7.79. The molecule has 19 nitrogen and oxygen atoms in total. The molecule has 0 aromatic rings. The summed E-state index contributed by atoms with van der Waals surface area (Å²) in [5.74, 6) is -1.20. The van der Waals surface area contributed by atoms with Crippen molar-refractivity contribution in [3.05, 3.63) is 11.6 Å². The Morgan fingerprint density at radius 1 is 0.886 bits per heavy atom. The fourth-order valence-electron chi connectivity index (χ4n) is 5.33. The number of Topliss-reactive ketones (excluding diaryl/α,β-unsaturated/α-hetero) is 1. The number of aliphatic hydroxyl groups is 13. The van der Waals surface area contributed by atoms with Gasteiger partial charge in [-0.05, 0) is 12.5 Å². The molecule has 0 radical (unpaired) electrons. The minimum atomic E-state index is -2.18. The first-order chi connectivity index (χ1) is 20.7. The molecule has 0 saturated carbocycles. The Balaban J connectivity index is 1.71. The molecule has 44 heavy (non-hydrogen) atoms. The maximum Gasteiger partial charge on any atom is 0.189 e. The lowest BCUT2D eigenvalue weighted by Crippen LogP contribution is -2.68. The first kappa shape index (κ1) is 37.2. The maximum atomic E-state index is 11.8. The third-order valence-corrected chi connectivity index (χ3v) is 8.00. The second-order valence-corrected chi connectivity index (χ2v) is 11.0. The zero-order valence-electron chi connectivity index (χ0n) is 23.6. The summed E-state index contributed by atoms with van der Waals surface area (Å²) in [6.07, 6.45) is -24.8. The SMILES string of the molecule is C[C@H]1O[C@H](O[C@H]2[C@H](O)[C@@H](O)[C@@H](O[C@H]([C@H](O)CO)[C@H](O)C(=O)CO)O[C@@H]2CO)[C@H](O)[C@@H](O)[C@@H]1N[C@H]1C=C(CO)[C@@H](O)[C@H](O)[C@H]1O. The van der Waals surface area contributed by atoms with Crippen molar-refractivity contribution in [3.63, 3.8) is 0 Å². The summed E-state index contributed by atoms with van der Waals surface area (Å²) in [6, 6.07) is -2.21. The van der Waals surface area contributed by atoms with Crippen molar-refractivity contribution in [2.45, 2.75) is 111 Å². The van der Waals surface area contributed by atoms with E-state index in [-0.39, 0.29) is 5.57 Å². The number of rotatable bonds is 13. The molecule has 2 aliphatic heterocycles. The van der Waals surface area contributed by atoms with E-state index in [0.29, 0.717) is 0 Å². The zero-order chi connectivity index (χ0) is 33.0. The van der Waals surface area contributed by atoms with E-state index in [1.54, 1.807) is 0 Å². The van der Waals surface area contributed by atoms with E-state index < -0.39 is 136 Å². The van der Waals surface area contributed by atoms with Crippen LogP contribution in [0.1, 0.15) is 6.92 Å². The van der Waals surface area contributed by atoms with Crippen LogP contribution >= 0.6 is 0 Å². The van der Waals surface area contributed by atoms with Gasteiger partial charge in [0.25, 0.3) is 0 Å². The standard InChI is InChI=1S/C25H43NO18/c1-7-13(26-9-2-8(3-27)14(33)18(37)15(9)34)17(36)20(39)24(41-7)44-23-12(6-30)42-25(21(40)19(23)38)43-22(11(32)5-29)16(35)10(31)4-28/h2,7,9,11-30,32-40H,3-6H2,1H3/t7-,9+,11-,12-,13-,14-,15+,16-,17+,18+,19-,20-,21-,22-,23-,24-,25-/m1/s1. The molecule has 0 aromatic heterocycles. The van der Waals surface area contributed by atoms with Crippen LogP contribution in [0.15, 0.2) is 11.6 Å². The lowest BCUT2D eigenvalue weighted by molar-refractivity contribution is -0.359.